The number of nitrogens with zero attached hydrogens (tertiary/aromatic N) is 1. The number of amides is 2. The average molecular weight is 287 g/mol. The molecule has 0 radical (unpaired) electrons. The normalized spacial score (nSPS) is 24.7. The zero-order valence-corrected chi connectivity index (χ0v) is 12.5. The number of nitrogens with two attached hydrogens (primary N) is 1. The van der Waals surface area contributed by atoms with Gasteiger partial charge in [0.1, 0.15) is 0 Å². The standard InChI is InChI=1S/C16H21N3O2/c1-9-6-10(2)13(17)7-12(9)16(21)19-5-3-4-11-14(19)8-18-15(11)20/h6-7,11,14H,3-5,8,17H2,1-2H3,(H,18,20). The van der Waals surface area contributed by atoms with Gasteiger partial charge in [-0.05, 0) is 43.9 Å². The first-order valence-corrected chi connectivity index (χ1v) is 7.44. The van der Waals surface area contributed by atoms with Crippen LogP contribution >= 0.6 is 0 Å². The van der Waals surface area contributed by atoms with Crippen LogP contribution in [-0.2, 0) is 4.79 Å². The van der Waals surface area contributed by atoms with Crippen molar-refractivity contribution in [3.8, 4) is 0 Å². The van der Waals surface area contributed by atoms with Gasteiger partial charge in [0.25, 0.3) is 5.91 Å². The van der Waals surface area contributed by atoms with Crippen molar-refractivity contribution >= 4 is 17.5 Å². The van der Waals surface area contributed by atoms with Crippen molar-refractivity contribution in [2.75, 3.05) is 18.8 Å². The van der Waals surface area contributed by atoms with Crippen LogP contribution in [0.4, 0.5) is 5.69 Å². The Morgan fingerprint density at radius 1 is 1.33 bits per heavy atom. The zero-order valence-electron chi connectivity index (χ0n) is 12.5. The molecule has 112 valence electrons. The SMILES string of the molecule is Cc1cc(C)c(C(=O)N2CCCC3C(=O)NCC32)cc1N. The molecule has 2 saturated heterocycles. The highest BCUT2D eigenvalue weighted by molar-refractivity contribution is 5.98. The number of hydrogen-bond acceptors (Lipinski definition) is 3. The van der Waals surface area contributed by atoms with Gasteiger partial charge >= 0.3 is 0 Å². The maximum atomic E-state index is 12.9. The predicted molar refractivity (Wildman–Crippen MR) is 80.9 cm³/mol. The van der Waals surface area contributed by atoms with Gasteiger partial charge in [0.2, 0.25) is 5.91 Å². The number of benzene rings is 1. The van der Waals surface area contributed by atoms with Gasteiger partial charge in [-0.15, -0.1) is 0 Å². The van der Waals surface area contributed by atoms with E-state index in [1.165, 1.54) is 0 Å². The van der Waals surface area contributed by atoms with E-state index in [4.69, 9.17) is 5.73 Å². The summed E-state index contributed by atoms with van der Waals surface area (Å²) in [5.41, 5.74) is 9.16. The van der Waals surface area contributed by atoms with E-state index in [2.05, 4.69) is 5.32 Å². The lowest BCUT2D eigenvalue weighted by Gasteiger charge is -2.36. The highest BCUT2D eigenvalue weighted by atomic mass is 16.2. The Morgan fingerprint density at radius 3 is 2.86 bits per heavy atom. The van der Waals surface area contributed by atoms with Crippen molar-refractivity contribution in [2.24, 2.45) is 5.92 Å². The van der Waals surface area contributed by atoms with Gasteiger partial charge in [0.15, 0.2) is 0 Å². The van der Waals surface area contributed by atoms with E-state index in [1.54, 1.807) is 6.07 Å². The van der Waals surface area contributed by atoms with Crippen LogP contribution in [0.25, 0.3) is 0 Å². The van der Waals surface area contributed by atoms with E-state index in [-0.39, 0.29) is 23.8 Å². The van der Waals surface area contributed by atoms with Crippen LogP contribution in [-0.4, -0.2) is 35.8 Å². The molecular formula is C16H21N3O2. The number of piperidine rings is 1. The minimum Gasteiger partial charge on any atom is -0.398 e. The minimum absolute atomic E-state index is 0.00889. The Hall–Kier alpha value is -2.04. The maximum Gasteiger partial charge on any atom is 0.254 e. The van der Waals surface area contributed by atoms with Gasteiger partial charge in [-0.2, -0.15) is 0 Å². The lowest BCUT2D eigenvalue weighted by atomic mass is 9.90. The third-order valence-electron chi connectivity index (χ3n) is 4.71. The average Bonchev–Trinajstić information content (AvgIpc) is 2.84. The molecule has 1 aromatic rings. The van der Waals surface area contributed by atoms with Gasteiger partial charge in [-0.3, -0.25) is 9.59 Å². The van der Waals surface area contributed by atoms with Gasteiger partial charge < -0.3 is 16.0 Å². The summed E-state index contributed by atoms with van der Waals surface area (Å²) in [4.78, 5) is 26.5. The quantitative estimate of drug-likeness (QED) is 0.763. The van der Waals surface area contributed by atoms with Crippen molar-refractivity contribution in [1.82, 2.24) is 10.2 Å². The van der Waals surface area contributed by atoms with Crippen molar-refractivity contribution in [3.63, 3.8) is 0 Å². The number of likely N-dealkylation sites (tertiary alicyclic amines) is 1. The minimum atomic E-state index is -0.0502. The molecule has 2 fully saturated rings. The topological polar surface area (TPSA) is 75.4 Å². The van der Waals surface area contributed by atoms with Crippen molar-refractivity contribution in [3.05, 3.63) is 28.8 Å². The second kappa shape index (κ2) is 5.06. The summed E-state index contributed by atoms with van der Waals surface area (Å²) in [6.07, 6.45) is 1.75. The van der Waals surface area contributed by atoms with E-state index in [0.717, 1.165) is 24.0 Å². The Bertz CT molecular complexity index is 612. The first-order valence-electron chi connectivity index (χ1n) is 7.44. The Morgan fingerprint density at radius 2 is 2.10 bits per heavy atom. The summed E-state index contributed by atoms with van der Waals surface area (Å²) >= 11 is 0. The number of fused-ring (bicyclic) bond motifs is 1. The first-order chi connectivity index (χ1) is 9.99. The van der Waals surface area contributed by atoms with Gasteiger partial charge in [0, 0.05) is 24.3 Å². The molecule has 21 heavy (non-hydrogen) atoms. The third kappa shape index (κ3) is 2.26. The molecule has 3 N–H and O–H groups in total. The van der Waals surface area contributed by atoms with Crippen molar-refractivity contribution < 1.29 is 9.59 Å². The molecule has 0 aromatic heterocycles. The van der Waals surface area contributed by atoms with Gasteiger partial charge in [0.05, 0.1) is 12.0 Å². The summed E-state index contributed by atoms with van der Waals surface area (Å²) in [7, 11) is 0. The molecule has 2 unspecified atom stereocenters. The van der Waals surface area contributed by atoms with Gasteiger partial charge in [-0.25, -0.2) is 0 Å². The number of carbonyl (C=O) groups excluding carboxylic acids is 2. The van der Waals surface area contributed by atoms with E-state index < -0.39 is 0 Å². The number of rotatable bonds is 1. The van der Waals surface area contributed by atoms with Crippen molar-refractivity contribution in [1.29, 1.82) is 0 Å². The van der Waals surface area contributed by atoms with Crippen LogP contribution in [0, 0.1) is 19.8 Å². The number of aryl methyl sites for hydroxylation is 2. The molecule has 2 aliphatic heterocycles. The summed E-state index contributed by atoms with van der Waals surface area (Å²) in [6, 6.07) is 3.70. The fourth-order valence-corrected chi connectivity index (χ4v) is 3.46. The number of nitrogens with one attached hydrogen (secondary N) is 1. The van der Waals surface area contributed by atoms with Crippen LogP contribution < -0.4 is 11.1 Å². The lowest BCUT2D eigenvalue weighted by molar-refractivity contribution is -0.123. The highest BCUT2D eigenvalue weighted by Gasteiger charge is 2.42. The van der Waals surface area contributed by atoms with Crippen LogP contribution in [0.1, 0.15) is 34.3 Å². The molecule has 2 amide bonds. The number of carbonyl (C=O) groups is 2. The summed E-state index contributed by atoms with van der Waals surface area (Å²) < 4.78 is 0. The van der Waals surface area contributed by atoms with Crippen LogP contribution in [0.15, 0.2) is 12.1 Å². The highest BCUT2D eigenvalue weighted by Crippen LogP contribution is 2.29. The second-order valence-electron chi connectivity index (χ2n) is 6.08. The molecular weight excluding hydrogens is 266 g/mol. The predicted octanol–water partition coefficient (Wildman–Crippen LogP) is 1.24. The molecule has 5 heteroatoms. The maximum absolute atomic E-state index is 12.9. The van der Waals surface area contributed by atoms with E-state index in [9.17, 15) is 9.59 Å². The van der Waals surface area contributed by atoms with Crippen LogP contribution in [0.5, 0.6) is 0 Å². The Labute approximate surface area is 124 Å². The monoisotopic (exact) mass is 287 g/mol. The van der Waals surface area contributed by atoms with E-state index in [1.807, 2.05) is 24.8 Å². The molecule has 5 nitrogen and oxygen atoms in total. The third-order valence-corrected chi connectivity index (χ3v) is 4.71. The molecule has 0 spiro atoms. The largest absolute Gasteiger partial charge is 0.398 e. The van der Waals surface area contributed by atoms with Gasteiger partial charge in [-0.1, -0.05) is 6.07 Å². The summed E-state index contributed by atoms with van der Waals surface area (Å²) in [5.74, 6) is 0.0221. The molecule has 3 rings (SSSR count). The van der Waals surface area contributed by atoms with E-state index >= 15 is 0 Å². The number of anilines is 1. The first kappa shape index (κ1) is 13.9. The van der Waals surface area contributed by atoms with E-state index in [0.29, 0.717) is 24.3 Å². The Balaban J connectivity index is 1.91. The van der Waals surface area contributed by atoms with Crippen LogP contribution in [0.2, 0.25) is 0 Å². The van der Waals surface area contributed by atoms with Crippen molar-refractivity contribution in [2.45, 2.75) is 32.7 Å². The molecule has 2 aliphatic rings. The number of hydrogen-bond donors (Lipinski definition) is 2. The summed E-state index contributed by atoms with van der Waals surface area (Å²) in [5, 5.41) is 2.88. The smallest absolute Gasteiger partial charge is 0.254 e. The second-order valence-corrected chi connectivity index (χ2v) is 6.08. The number of nitrogen functional groups attached to an aromatic ring is 1. The molecule has 0 aliphatic carbocycles. The lowest BCUT2D eigenvalue weighted by Crippen LogP contribution is -2.48. The van der Waals surface area contributed by atoms with Crippen LogP contribution in [0.3, 0.4) is 0 Å². The molecule has 1 aromatic carbocycles. The Kier molecular flexibility index (Phi) is 3.35. The summed E-state index contributed by atoms with van der Waals surface area (Å²) in [6.45, 7) is 5.14. The fourth-order valence-electron chi connectivity index (χ4n) is 3.46. The molecule has 2 atom stereocenters. The zero-order chi connectivity index (χ0) is 15.1. The fraction of sp³-hybridized carbons (Fsp3) is 0.500. The molecule has 0 bridgehead atoms. The molecule has 2 heterocycles. The molecule has 0 saturated carbocycles.